The van der Waals surface area contributed by atoms with Gasteiger partial charge in [-0.15, -0.1) is 0 Å². The van der Waals surface area contributed by atoms with Gasteiger partial charge in [0.25, 0.3) is 0 Å². The highest BCUT2D eigenvalue weighted by Gasteiger charge is 2.23. The summed E-state index contributed by atoms with van der Waals surface area (Å²) < 4.78 is 0. The number of benzene rings is 2. The lowest BCUT2D eigenvalue weighted by Gasteiger charge is -2.20. The minimum Gasteiger partial charge on any atom is -0.508 e. The molecule has 4 N–H and O–H groups in total. The normalized spacial score (nSPS) is 16.2. The Morgan fingerprint density at radius 1 is 1.14 bits per heavy atom. The van der Waals surface area contributed by atoms with E-state index in [0.717, 1.165) is 90.5 Å². The van der Waals surface area contributed by atoms with Crippen molar-refractivity contribution in [1.82, 2.24) is 35.3 Å². The van der Waals surface area contributed by atoms with E-state index in [2.05, 4.69) is 61.6 Å². The molecular formula is C27H29N7O2. The summed E-state index contributed by atoms with van der Waals surface area (Å²) in [5, 5.41) is 21.4. The number of carbonyl (C=O) groups excluding carboxylic acids is 1. The van der Waals surface area contributed by atoms with Gasteiger partial charge in [0.05, 0.1) is 17.4 Å². The Hall–Kier alpha value is -4.11. The molecule has 1 fully saturated rings. The topological polar surface area (TPSA) is 113 Å². The molecule has 2 aliphatic heterocycles. The van der Waals surface area contributed by atoms with Crippen LogP contribution in [0.5, 0.6) is 5.75 Å². The average molecular weight is 484 g/mol. The quantitative estimate of drug-likeness (QED) is 0.321. The first-order valence-corrected chi connectivity index (χ1v) is 12.4. The van der Waals surface area contributed by atoms with Crippen molar-refractivity contribution in [2.75, 3.05) is 39.3 Å². The molecule has 4 heterocycles. The summed E-state index contributed by atoms with van der Waals surface area (Å²) in [5.74, 6) is 1.02. The third kappa shape index (κ3) is 4.11. The maximum absolute atomic E-state index is 11.8. The van der Waals surface area contributed by atoms with Crippen molar-refractivity contribution in [2.45, 2.75) is 13.3 Å². The van der Waals surface area contributed by atoms with Gasteiger partial charge in [-0.25, -0.2) is 9.78 Å². The largest absolute Gasteiger partial charge is 0.508 e. The maximum atomic E-state index is 11.8. The smallest absolute Gasteiger partial charge is 0.317 e. The molecule has 0 spiro atoms. The summed E-state index contributed by atoms with van der Waals surface area (Å²) in [5.41, 5.74) is 7.23. The Balaban J connectivity index is 1.18. The predicted octanol–water partition coefficient (Wildman–Crippen LogP) is 3.61. The van der Waals surface area contributed by atoms with Gasteiger partial charge in [-0.05, 0) is 52.9 Å². The molecule has 1 saturated heterocycles. The van der Waals surface area contributed by atoms with Gasteiger partial charge in [0, 0.05) is 44.7 Å². The maximum Gasteiger partial charge on any atom is 0.317 e. The molecule has 2 aromatic heterocycles. The first-order valence-electron chi connectivity index (χ1n) is 12.4. The molecule has 2 amide bonds. The number of fused-ring (bicyclic) bond motifs is 1. The molecule has 184 valence electrons. The van der Waals surface area contributed by atoms with Gasteiger partial charge in [-0.2, -0.15) is 5.10 Å². The van der Waals surface area contributed by atoms with E-state index in [0.29, 0.717) is 0 Å². The number of aromatic nitrogens is 4. The molecule has 2 aromatic carbocycles. The van der Waals surface area contributed by atoms with Crippen LogP contribution in [0.15, 0.2) is 48.7 Å². The molecule has 0 saturated carbocycles. The Labute approximate surface area is 208 Å². The van der Waals surface area contributed by atoms with Gasteiger partial charge in [-0.3, -0.25) is 10.00 Å². The number of H-pyrrole nitrogens is 2. The van der Waals surface area contributed by atoms with Crippen molar-refractivity contribution >= 4 is 22.5 Å². The van der Waals surface area contributed by atoms with Crippen molar-refractivity contribution in [3.8, 4) is 28.4 Å². The van der Waals surface area contributed by atoms with Crippen molar-refractivity contribution in [2.24, 2.45) is 0 Å². The van der Waals surface area contributed by atoms with Gasteiger partial charge in [0.2, 0.25) is 0 Å². The monoisotopic (exact) mass is 483 g/mol. The fraction of sp³-hybridized carbons (Fsp3) is 0.296. The van der Waals surface area contributed by atoms with Crippen LogP contribution < -0.4 is 5.32 Å². The summed E-state index contributed by atoms with van der Waals surface area (Å²) >= 11 is 0. The zero-order valence-electron chi connectivity index (χ0n) is 20.2. The Morgan fingerprint density at radius 3 is 2.89 bits per heavy atom. The van der Waals surface area contributed by atoms with Gasteiger partial charge < -0.3 is 20.3 Å². The van der Waals surface area contributed by atoms with Crippen LogP contribution in [0, 0.1) is 0 Å². The number of nitrogens with zero attached hydrogens (tertiary/aromatic N) is 4. The van der Waals surface area contributed by atoms with Crippen LogP contribution in [0.3, 0.4) is 0 Å². The first-order chi connectivity index (χ1) is 17.6. The number of phenols is 1. The Kier molecular flexibility index (Phi) is 5.69. The van der Waals surface area contributed by atoms with E-state index in [1.807, 2.05) is 23.2 Å². The van der Waals surface area contributed by atoms with Crippen LogP contribution >= 0.6 is 0 Å². The van der Waals surface area contributed by atoms with Crippen LogP contribution in [0.25, 0.3) is 39.1 Å². The number of nitrogens with one attached hydrogen (secondary N) is 3. The summed E-state index contributed by atoms with van der Waals surface area (Å²) in [4.78, 5) is 24.0. The highest BCUT2D eigenvalue weighted by molar-refractivity contribution is 5.94. The second-order valence-electron chi connectivity index (χ2n) is 9.36. The number of amides is 2. The number of aromatic amines is 2. The summed E-state index contributed by atoms with van der Waals surface area (Å²) in [6, 6.07) is 11.8. The van der Waals surface area contributed by atoms with Crippen molar-refractivity contribution in [1.29, 1.82) is 0 Å². The van der Waals surface area contributed by atoms with E-state index in [1.54, 1.807) is 6.07 Å². The van der Waals surface area contributed by atoms with E-state index in [-0.39, 0.29) is 11.8 Å². The summed E-state index contributed by atoms with van der Waals surface area (Å²) in [7, 11) is 0. The number of aromatic hydroxyl groups is 1. The summed E-state index contributed by atoms with van der Waals surface area (Å²) in [6.07, 6.45) is 4.93. The molecule has 0 radical (unpaired) electrons. The second-order valence-corrected chi connectivity index (χ2v) is 9.36. The van der Waals surface area contributed by atoms with Crippen LogP contribution in [0.1, 0.15) is 18.2 Å². The average Bonchev–Trinajstić information content (AvgIpc) is 3.68. The second kappa shape index (κ2) is 9.16. The number of aryl methyl sites for hydroxylation is 1. The number of hydrogen-bond acceptors (Lipinski definition) is 5. The lowest BCUT2D eigenvalue weighted by molar-refractivity contribution is 0.209. The van der Waals surface area contributed by atoms with Gasteiger partial charge in [0.1, 0.15) is 11.4 Å². The molecular weight excluding hydrogens is 454 g/mol. The molecule has 0 atom stereocenters. The van der Waals surface area contributed by atoms with E-state index < -0.39 is 0 Å². The number of imidazole rings is 1. The van der Waals surface area contributed by atoms with Gasteiger partial charge >= 0.3 is 6.03 Å². The molecule has 0 bridgehead atoms. The van der Waals surface area contributed by atoms with E-state index in [4.69, 9.17) is 0 Å². The minimum atomic E-state index is 0.0350. The molecule has 0 unspecified atom stereocenters. The van der Waals surface area contributed by atoms with Crippen LogP contribution in [0.2, 0.25) is 0 Å². The van der Waals surface area contributed by atoms with Crippen LogP contribution in [0.4, 0.5) is 4.79 Å². The predicted molar refractivity (Wildman–Crippen MR) is 140 cm³/mol. The van der Waals surface area contributed by atoms with E-state index in [9.17, 15) is 9.90 Å². The molecule has 0 aliphatic carbocycles. The highest BCUT2D eigenvalue weighted by Crippen LogP contribution is 2.32. The number of phenolic OH excluding ortho intramolecular Hbond substituents is 1. The third-order valence-electron chi connectivity index (χ3n) is 7.11. The van der Waals surface area contributed by atoms with Crippen molar-refractivity contribution in [3.05, 3.63) is 59.9 Å². The molecule has 9 nitrogen and oxygen atoms in total. The van der Waals surface area contributed by atoms with Gasteiger partial charge in [0.15, 0.2) is 5.82 Å². The Morgan fingerprint density at radius 2 is 2.06 bits per heavy atom. The third-order valence-corrected chi connectivity index (χ3v) is 7.11. The number of urea groups is 1. The van der Waals surface area contributed by atoms with Crippen molar-refractivity contribution in [3.63, 3.8) is 0 Å². The van der Waals surface area contributed by atoms with E-state index >= 15 is 0 Å². The van der Waals surface area contributed by atoms with Gasteiger partial charge in [-0.1, -0.05) is 25.1 Å². The zero-order valence-corrected chi connectivity index (χ0v) is 20.2. The lowest BCUT2D eigenvalue weighted by Crippen LogP contribution is -2.36. The molecule has 4 aromatic rings. The van der Waals surface area contributed by atoms with Crippen molar-refractivity contribution < 1.29 is 9.90 Å². The Bertz CT molecular complexity index is 1470. The minimum absolute atomic E-state index is 0.0350. The molecule has 36 heavy (non-hydrogen) atoms. The molecule has 9 heteroatoms. The fourth-order valence-electron chi connectivity index (χ4n) is 5.09. The fourth-order valence-corrected chi connectivity index (χ4v) is 5.09. The molecule has 2 aliphatic rings. The zero-order chi connectivity index (χ0) is 24.6. The number of carbonyl (C=O) groups is 1. The summed E-state index contributed by atoms with van der Waals surface area (Å²) in [6.45, 7) is 6.89. The lowest BCUT2D eigenvalue weighted by atomic mass is 9.97. The molecule has 6 rings (SSSR count). The SMILES string of the molecule is CCc1cc(O)ccc1-c1ccc2c(-c3ncc(C4=CCN(CCN5CCNC5=O)C4)[nH]3)n[nH]c2c1. The number of rotatable bonds is 7. The van der Waals surface area contributed by atoms with Crippen LogP contribution in [-0.2, 0) is 6.42 Å². The van der Waals surface area contributed by atoms with E-state index in [1.165, 1.54) is 5.57 Å². The highest BCUT2D eigenvalue weighted by atomic mass is 16.3. The standard InChI is InChI=1S/C27H29N7O2/c1-2-17-13-20(35)4-6-21(17)18-3-5-22-23(14-18)31-32-25(22)26-29-15-24(30-26)19-7-9-33(16-19)11-12-34-10-8-28-27(34)36/h3-7,13-15,35H,2,8-12,16H2,1H3,(H,28,36)(H,29,30)(H,31,32). The first kappa shape index (κ1) is 22.4. The number of hydrogen-bond donors (Lipinski definition) is 4. The van der Waals surface area contributed by atoms with Crippen LogP contribution in [-0.4, -0.2) is 80.4 Å².